The number of nitrogens with two attached hydrogens (primary N) is 1. The fraction of sp³-hybridized carbons (Fsp3) is 0.375. The van der Waals surface area contributed by atoms with Crippen molar-refractivity contribution in [3.8, 4) is 0 Å². The van der Waals surface area contributed by atoms with Crippen molar-refractivity contribution in [1.82, 2.24) is 4.98 Å². The number of anilines is 1. The lowest BCUT2D eigenvalue weighted by molar-refractivity contribution is 0.859. The molecule has 0 aliphatic heterocycles. The molecule has 0 unspecified atom stereocenters. The van der Waals surface area contributed by atoms with Crippen molar-refractivity contribution in [3.63, 3.8) is 0 Å². The molecule has 0 amide bonds. The molecule has 1 rings (SSSR count). The lowest BCUT2D eigenvalue weighted by Crippen LogP contribution is -1.94. The van der Waals surface area contributed by atoms with E-state index >= 15 is 0 Å². The molecule has 60 valence electrons. The molecule has 0 radical (unpaired) electrons. The predicted octanol–water partition coefficient (Wildman–Crippen LogP) is 2.44. The Balaban J connectivity index is 3.09. The van der Waals surface area contributed by atoms with Crippen LogP contribution in [0.15, 0.2) is 12.3 Å². The van der Waals surface area contributed by atoms with Crippen LogP contribution in [-0.2, 0) is 0 Å². The van der Waals surface area contributed by atoms with Gasteiger partial charge in [-0.15, -0.1) is 0 Å². The molecule has 3 heteroatoms. The molecule has 0 spiro atoms. The van der Waals surface area contributed by atoms with E-state index in [1.165, 1.54) is 0 Å². The summed E-state index contributed by atoms with van der Waals surface area (Å²) in [6.45, 7) is 4.14. The van der Waals surface area contributed by atoms with E-state index in [0.29, 0.717) is 16.8 Å². The zero-order valence-corrected chi connectivity index (χ0v) is 7.39. The van der Waals surface area contributed by atoms with Crippen molar-refractivity contribution in [2.24, 2.45) is 0 Å². The summed E-state index contributed by atoms with van der Waals surface area (Å²) in [5, 5.41) is 0.701. The van der Waals surface area contributed by atoms with E-state index in [-0.39, 0.29) is 0 Å². The van der Waals surface area contributed by atoms with Gasteiger partial charge in [-0.1, -0.05) is 25.4 Å². The van der Waals surface area contributed by atoms with Crippen LogP contribution in [0.2, 0.25) is 5.02 Å². The Morgan fingerprint density at radius 1 is 1.55 bits per heavy atom. The van der Waals surface area contributed by atoms with Crippen LogP contribution in [-0.4, -0.2) is 4.98 Å². The van der Waals surface area contributed by atoms with Gasteiger partial charge in [0.1, 0.15) is 5.82 Å². The summed E-state index contributed by atoms with van der Waals surface area (Å²) < 4.78 is 0. The van der Waals surface area contributed by atoms with E-state index in [1.54, 1.807) is 12.3 Å². The molecule has 0 fully saturated rings. The molecular weight excluding hydrogens is 160 g/mol. The van der Waals surface area contributed by atoms with Crippen molar-refractivity contribution in [2.75, 3.05) is 5.73 Å². The number of halogens is 1. The van der Waals surface area contributed by atoms with Gasteiger partial charge in [0.2, 0.25) is 0 Å². The molecule has 0 aliphatic rings. The molecule has 0 saturated heterocycles. The van der Waals surface area contributed by atoms with E-state index in [9.17, 15) is 0 Å². The topological polar surface area (TPSA) is 38.9 Å². The maximum Gasteiger partial charge on any atom is 0.124 e. The van der Waals surface area contributed by atoms with E-state index in [2.05, 4.69) is 18.8 Å². The molecule has 11 heavy (non-hydrogen) atoms. The van der Waals surface area contributed by atoms with Crippen LogP contribution < -0.4 is 5.73 Å². The molecule has 0 bridgehead atoms. The number of nitrogen functional groups attached to an aromatic ring is 1. The second-order valence-corrected chi connectivity index (χ2v) is 3.19. The summed E-state index contributed by atoms with van der Waals surface area (Å²) in [5.74, 6) is 0.870. The van der Waals surface area contributed by atoms with Crippen molar-refractivity contribution in [3.05, 3.63) is 22.8 Å². The van der Waals surface area contributed by atoms with Gasteiger partial charge in [0.15, 0.2) is 0 Å². The average molecular weight is 171 g/mol. The highest BCUT2D eigenvalue weighted by Gasteiger charge is 2.04. The van der Waals surface area contributed by atoms with Gasteiger partial charge in [0.25, 0.3) is 0 Å². The van der Waals surface area contributed by atoms with Crippen LogP contribution in [0.3, 0.4) is 0 Å². The Hall–Kier alpha value is -0.760. The van der Waals surface area contributed by atoms with Gasteiger partial charge in [0.05, 0.1) is 0 Å². The van der Waals surface area contributed by atoms with Crippen LogP contribution >= 0.6 is 11.6 Å². The maximum atomic E-state index is 5.90. The molecule has 1 heterocycles. The Bertz CT molecular complexity index is 258. The molecule has 0 aliphatic carbocycles. The highest BCUT2D eigenvalue weighted by atomic mass is 35.5. The molecule has 1 aromatic rings. The highest BCUT2D eigenvalue weighted by molar-refractivity contribution is 6.31. The average Bonchev–Trinajstić information content (AvgIpc) is 1.85. The Labute approximate surface area is 71.4 Å². The van der Waals surface area contributed by atoms with E-state index in [0.717, 1.165) is 5.56 Å². The minimum atomic E-state index is 0.399. The summed E-state index contributed by atoms with van der Waals surface area (Å²) in [6, 6.07) is 1.68. The monoisotopic (exact) mass is 170 g/mol. The largest absolute Gasteiger partial charge is 0.384 e. The standard InChI is InChI=1S/C8H11ClN2/c1-5(2)6-4-11-8(10)3-7(6)9/h3-5H,1-2H3,(H2,10,11). The van der Waals surface area contributed by atoms with Gasteiger partial charge in [-0.2, -0.15) is 0 Å². The second kappa shape index (κ2) is 3.09. The van der Waals surface area contributed by atoms with Gasteiger partial charge in [-0.3, -0.25) is 0 Å². The zero-order valence-electron chi connectivity index (χ0n) is 6.63. The van der Waals surface area contributed by atoms with Gasteiger partial charge >= 0.3 is 0 Å². The quantitative estimate of drug-likeness (QED) is 0.703. The van der Waals surface area contributed by atoms with Crippen LogP contribution in [0.4, 0.5) is 5.82 Å². The Kier molecular flexibility index (Phi) is 2.35. The number of aromatic nitrogens is 1. The van der Waals surface area contributed by atoms with E-state index in [4.69, 9.17) is 17.3 Å². The van der Waals surface area contributed by atoms with Gasteiger partial charge in [-0.05, 0) is 17.5 Å². The molecule has 2 nitrogen and oxygen atoms in total. The molecule has 1 aromatic heterocycles. The minimum Gasteiger partial charge on any atom is -0.384 e. The fourth-order valence-corrected chi connectivity index (χ4v) is 1.26. The van der Waals surface area contributed by atoms with Crippen LogP contribution in [0, 0.1) is 0 Å². The third kappa shape index (κ3) is 1.84. The molecular formula is C8H11ClN2. The Morgan fingerprint density at radius 3 is 2.64 bits per heavy atom. The smallest absolute Gasteiger partial charge is 0.124 e. The predicted molar refractivity (Wildman–Crippen MR) is 47.7 cm³/mol. The van der Waals surface area contributed by atoms with E-state index < -0.39 is 0 Å². The zero-order chi connectivity index (χ0) is 8.43. The number of pyridine rings is 1. The van der Waals surface area contributed by atoms with Crippen molar-refractivity contribution >= 4 is 17.4 Å². The molecule has 2 N–H and O–H groups in total. The van der Waals surface area contributed by atoms with Crippen molar-refractivity contribution in [2.45, 2.75) is 19.8 Å². The van der Waals surface area contributed by atoms with Crippen molar-refractivity contribution < 1.29 is 0 Å². The lowest BCUT2D eigenvalue weighted by Gasteiger charge is -2.06. The third-order valence-electron chi connectivity index (χ3n) is 1.53. The summed E-state index contributed by atoms with van der Waals surface area (Å²) in [6.07, 6.45) is 1.72. The molecule has 0 aromatic carbocycles. The van der Waals surface area contributed by atoms with Crippen molar-refractivity contribution in [1.29, 1.82) is 0 Å². The van der Waals surface area contributed by atoms with Crippen LogP contribution in [0.5, 0.6) is 0 Å². The number of rotatable bonds is 1. The summed E-state index contributed by atoms with van der Waals surface area (Å²) in [4.78, 5) is 3.95. The molecule has 0 saturated carbocycles. The van der Waals surface area contributed by atoms with Crippen LogP contribution in [0.25, 0.3) is 0 Å². The van der Waals surface area contributed by atoms with Gasteiger partial charge < -0.3 is 5.73 Å². The SMILES string of the molecule is CC(C)c1cnc(N)cc1Cl. The summed E-state index contributed by atoms with van der Waals surface area (Å²) >= 11 is 5.90. The minimum absolute atomic E-state index is 0.399. The van der Waals surface area contributed by atoms with E-state index in [1.807, 2.05) is 0 Å². The first-order valence-electron chi connectivity index (χ1n) is 3.52. The van der Waals surface area contributed by atoms with Gasteiger partial charge in [-0.25, -0.2) is 4.98 Å². The number of hydrogen-bond donors (Lipinski definition) is 1. The normalized spacial score (nSPS) is 10.5. The first-order chi connectivity index (χ1) is 5.11. The van der Waals surface area contributed by atoms with Crippen LogP contribution in [0.1, 0.15) is 25.3 Å². The number of hydrogen-bond acceptors (Lipinski definition) is 2. The summed E-state index contributed by atoms with van der Waals surface area (Å²) in [5.41, 5.74) is 6.47. The second-order valence-electron chi connectivity index (χ2n) is 2.79. The highest BCUT2D eigenvalue weighted by Crippen LogP contribution is 2.23. The van der Waals surface area contributed by atoms with Gasteiger partial charge in [0, 0.05) is 11.2 Å². The fourth-order valence-electron chi connectivity index (χ4n) is 0.881. The first-order valence-corrected chi connectivity index (χ1v) is 3.90. The summed E-state index contributed by atoms with van der Waals surface area (Å²) in [7, 11) is 0. The lowest BCUT2D eigenvalue weighted by atomic mass is 10.1. The third-order valence-corrected chi connectivity index (χ3v) is 1.85. The number of nitrogens with zero attached hydrogens (tertiary/aromatic N) is 1. The Morgan fingerprint density at radius 2 is 2.18 bits per heavy atom. The first kappa shape index (κ1) is 8.34. The molecule has 0 atom stereocenters. The maximum absolute atomic E-state index is 5.90.